The summed E-state index contributed by atoms with van der Waals surface area (Å²) in [6.07, 6.45) is 0.856. The zero-order valence-electron chi connectivity index (χ0n) is 10.4. The smallest absolute Gasteiger partial charge is 0.148 e. The Bertz CT molecular complexity index is 487. The van der Waals surface area contributed by atoms with Crippen molar-refractivity contribution in [3.63, 3.8) is 0 Å². The lowest BCUT2D eigenvalue weighted by atomic mass is 10.2. The molecule has 0 bridgehead atoms. The highest BCUT2D eigenvalue weighted by molar-refractivity contribution is 7.10. The number of aryl methyl sites for hydroxylation is 2. The Morgan fingerprint density at radius 3 is 2.88 bits per heavy atom. The van der Waals surface area contributed by atoms with Gasteiger partial charge in [-0.25, -0.2) is 0 Å². The second-order valence-corrected chi connectivity index (χ2v) is 5.05. The van der Waals surface area contributed by atoms with Crippen LogP contribution in [0.4, 0.5) is 11.5 Å². The van der Waals surface area contributed by atoms with E-state index >= 15 is 0 Å². The van der Waals surface area contributed by atoms with E-state index in [9.17, 15) is 0 Å². The monoisotopic (exact) mass is 250 g/mol. The Labute approximate surface area is 105 Å². The Kier molecular flexibility index (Phi) is 3.38. The molecule has 1 unspecified atom stereocenters. The fourth-order valence-electron chi connectivity index (χ4n) is 1.84. The molecule has 0 amide bonds. The van der Waals surface area contributed by atoms with E-state index in [2.05, 4.69) is 41.8 Å². The number of hydrogen-bond donors (Lipinski definition) is 2. The van der Waals surface area contributed by atoms with E-state index in [4.69, 9.17) is 5.73 Å². The zero-order chi connectivity index (χ0) is 12.4. The van der Waals surface area contributed by atoms with Gasteiger partial charge in [0.15, 0.2) is 0 Å². The number of rotatable bonds is 4. The lowest BCUT2D eigenvalue weighted by Crippen LogP contribution is -2.10. The lowest BCUT2D eigenvalue weighted by molar-refractivity contribution is 0.736. The molecule has 1 atom stereocenters. The highest BCUT2D eigenvalue weighted by Gasteiger charge is 2.15. The fraction of sp³-hybridized carbons (Fsp3) is 0.417. The maximum absolute atomic E-state index is 6.07. The average molecular weight is 250 g/mol. The highest BCUT2D eigenvalue weighted by atomic mass is 32.1. The molecule has 0 spiro atoms. The van der Waals surface area contributed by atoms with Gasteiger partial charge in [-0.2, -0.15) is 5.10 Å². The molecule has 92 valence electrons. The molecule has 5 heteroatoms. The number of nitrogens with one attached hydrogen (secondary N) is 1. The Morgan fingerprint density at radius 2 is 2.35 bits per heavy atom. The first kappa shape index (κ1) is 12.0. The van der Waals surface area contributed by atoms with Gasteiger partial charge in [-0.05, 0) is 24.8 Å². The highest BCUT2D eigenvalue weighted by Crippen LogP contribution is 2.28. The van der Waals surface area contributed by atoms with E-state index in [1.165, 1.54) is 4.88 Å². The number of nitrogens with zero attached hydrogens (tertiary/aromatic N) is 2. The van der Waals surface area contributed by atoms with Crippen molar-refractivity contribution >= 4 is 22.8 Å². The summed E-state index contributed by atoms with van der Waals surface area (Å²) in [7, 11) is 1.92. The molecule has 0 aliphatic rings. The van der Waals surface area contributed by atoms with Crippen LogP contribution in [0.15, 0.2) is 17.5 Å². The minimum Gasteiger partial charge on any atom is -0.394 e. The van der Waals surface area contributed by atoms with E-state index in [-0.39, 0.29) is 6.04 Å². The average Bonchev–Trinajstić information content (AvgIpc) is 2.92. The van der Waals surface area contributed by atoms with Gasteiger partial charge in [0.1, 0.15) is 5.82 Å². The summed E-state index contributed by atoms with van der Waals surface area (Å²) in [6.45, 7) is 4.19. The first-order chi connectivity index (χ1) is 8.13. The molecule has 0 aliphatic heterocycles. The standard InChI is InChI=1S/C12H18N4S/c1-4-9-11(13)12(16(3)15-9)14-8(2)10-6-5-7-17-10/h5-8,14H,4,13H2,1-3H3. The molecule has 0 aromatic carbocycles. The number of nitrogens with two attached hydrogens (primary N) is 1. The molecular weight excluding hydrogens is 232 g/mol. The fourth-order valence-corrected chi connectivity index (χ4v) is 2.58. The van der Waals surface area contributed by atoms with Crippen LogP contribution in [0.3, 0.4) is 0 Å². The van der Waals surface area contributed by atoms with Crippen molar-refractivity contribution in [2.24, 2.45) is 7.05 Å². The molecule has 2 heterocycles. The van der Waals surface area contributed by atoms with Gasteiger partial charge < -0.3 is 11.1 Å². The molecule has 2 aromatic heterocycles. The molecule has 4 nitrogen and oxygen atoms in total. The van der Waals surface area contributed by atoms with Crippen molar-refractivity contribution in [1.82, 2.24) is 9.78 Å². The molecule has 0 fully saturated rings. The molecule has 0 saturated carbocycles. The molecule has 0 aliphatic carbocycles. The van der Waals surface area contributed by atoms with Gasteiger partial charge in [0, 0.05) is 11.9 Å². The number of aromatic nitrogens is 2. The van der Waals surface area contributed by atoms with Crippen LogP contribution in [0.25, 0.3) is 0 Å². The van der Waals surface area contributed by atoms with Crippen LogP contribution < -0.4 is 11.1 Å². The Morgan fingerprint density at radius 1 is 1.59 bits per heavy atom. The predicted octanol–water partition coefficient (Wildman–Crippen LogP) is 2.80. The van der Waals surface area contributed by atoms with Crippen LogP contribution in [0, 0.1) is 0 Å². The molecule has 2 rings (SSSR count). The molecule has 0 saturated heterocycles. The van der Waals surface area contributed by atoms with E-state index in [0.717, 1.165) is 23.6 Å². The van der Waals surface area contributed by atoms with Gasteiger partial charge in [0.25, 0.3) is 0 Å². The minimum atomic E-state index is 0.248. The number of nitrogen functional groups attached to an aromatic ring is 1. The predicted molar refractivity (Wildman–Crippen MR) is 73.4 cm³/mol. The van der Waals surface area contributed by atoms with E-state index in [1.807, 2.05) is 11.7 Å². The van der Waals surface area contributed by atoms with Crippen molar-refractivity contribution < 1.29 is 0 Å². The first-order valence-electron chi connectivity index (χ1n) is 5.74. The van der Waals surface area contributed by atoms with Gasteiger partial charge in [-0.3, -0.25) is 4.68 Å². The molecule has 2 aromatic rings. The summed E-state index contributed by atoms with van der Waals surface area (Å²) in [4.78, 5) is 1.30. The van der Waals surface area contributed by atoms with E-state index in [0.29, 0.717) is 0 Å². The number of hydrogen-bond acceptors (Lipinski definition) is 4. The van der Waals surface area contributed by atoms with Crippen molar-refractivity contribution in [2.45, 2.75) is 26.3 Å². The third-order valence-electron chi connectivity index (χ3n) is 2.82. The lowest BCUT2D eigenvalue weighted by Gasteiger charge is -2.14. The van der Waals surface area contributed by atoms with Crippen molar-refractivity contribution in [3.8, 4) is 0 Å². The zero-order valence-corrected chi connectivity index (χ0v) is 11.2. The number of anilines is 2. The molecule has 17 heavy (non-hydrogen) atoms. The van der Waals surface area contributed by atoms with Gasteiger partial charge in [-0.15, -0.1) is 11.3 Å². The second kappa shape index (κ2) is 4.79. The minimum absolute atomic E-state index is 0.248. The maximum Gasteiger partial charge on any atom is 0.148 e. The summed E-state index contributed by atoms with van der Waals surface area (Å²) < 4.78 is 1.82. The summed E-state index contributed by atoms with van der Waals surface area (Å²) in [6, 6.07) is 4.43. The van der Waals surface area contributed by atoms with Gasteiger partial charge in [0.2, 0.25) is 0 Å². The van der Waals surface area contributed by atoms with Crippen molar-refractivity contribution in [2.75, 3.05) is 11.1 Å². The molecule has 0 radical (unpaired) electrons. The first-order valence-corrected chi connectivity index (χ1v) is 6.62. The van der Waals surface area contributed by atoms with Gasteiger partial charge in [0.05, 0.1) is 17.4 Å². The number of thiophene rings is 1. The normalized spacial score (nSPS) is 12.6. The summed E-state index contributed by atoms with van der Waals surface area (Å²) in [5.74, 6) is 0.905. The summed E-state index contributed by atoms with van der Waals surface area (Å²) >= 11 is 1.74. The second-order valence-electron chi connectivity index (χ2n) is 4.07. The van der Waals surface area contributed by atoms with Gasteiger partial charge >= 0.3 is 0 Å². The van der Waals surface area contributed by atoms with Crippen LogP contribution >= 0.6 is 11.3 Å². The summed E-state index contributed by atoms with van der Waals surface area (Å²) in [5.41, 5.74) is 7.79. The molecular formula is C12H18N4S. The summed E-state index contributed by atoms with van der Waals surface area (Å²) in [5, 5.41) is 9.90. The third kappa shape index (κ3) is 2.29. The Hall–Kier alpha value is -1.49. The van der Waals surface area contributed by atoms with E-state index < -0.39 is 0 Å². The van der Waals surface area contributed by atoms with Gasteiger partial charge in [-0.1, -0.05) is 13.0 Å². The Balaban J connectivity index is 2.21. The SMILES string of the molecule is CCc1nn(C)c(NC(C)c2cccs2)c1N. The largest absolute Gasteiger partial charge is 0.394 e. The maximum atomic E-state index is 6.07. The van der Waals surface area contributed by atoms with Crippen LogP contribution in [0.2, 0.25) is 0 Å². The quantitative estimate of drug-likeness (QED) is 0.877. The third-order valence-corrected chi connectivity index (χ3v) is 3.87. The van der Waals surface area contributed by atoms with Crippen LogP contribution in [-0.4, -0.2) is 9.78 Å². The topological polar surface area (TPSA) is 55.9 Å². The van der Waals surface area contributed by atoms with Crippen LogP contribution in [0.5, 0.6) is 0 Å². The van der Waals surface area contributed by atoms with E-state index in [1.54, 1.807) is 11.3 Å². The van der Waals surface area contributed by atoms with Crippen LogP contribution in [-0.2, 0) is 13.5 Å². The van der Waals surface area contributed by atoms with Crippen molar-refractivity contribution in [3.05, 3.63) is 28.1 Å². The molecule has 3 N–H and O–H groups in total. The van der Waals surface area contributed by atoms with Crippen LogP contribution in [0.1, 0.15) is 30.5 Å². The van der Waals surface area contributed by atoms with Crippen molar-refractivity contribution in [1.29, 1.82) is 0 Å².